The second kappa shape index (κ2) is 24.0. The topological polar surface area (TPSA) is 127 Å². The second-order valence-electron chi connectivity index (χ2n) is 14.1. The highest BCUT2D eigenvalue weighted by Gasteiger charge is 2.35. The SMILES string of the molecule is CCC/C(=N\OCC)C1=C(O)CC(CC(C)SCC)CC1=O.CCCC(=NOCC(C)Oc1ccc(Cl)cc1)C1=C(O)CC(C2CCCSC2)CC1=O. The first kappa shape index (κ1) is 44.8. The van der Waals surface area contributed by atoms with Crippen LogP contribution in [0.1, 0.15) is 112 Å². The molecule has 1 saturated heterocycles. The Labute approximate surface area is 330 Å². The maximum Gasteiger partial charge on any atom is 0.168 e. The molecule has 1 fully saturated rings. The zero-order chi connectivity index (χ0) is 38.8. The van der Waals surface area contributed by atoms with Gasteiger partial charge in [0, 0.05) is 36.0 Å². The maximum atomic E-state index is 12.9. The number of hydrogen-bond acceptors (Lipinski definition) is 11. The highest BCUT2D eigenvalue weighted by molar-refractivity contribution is 7.99. The third-order valence-electron chi connectivity index (χ3n) is 9.46. The number of ketones is 2. The van der Waals surface area contributed by atoms with Gasteiger partial charge in [-0.05, 0) is 105 Å². The lowest BCUT2D eigenvalue weighted by atomic mass is 9.76. The maximum absolute atomic E-state index is 12.9. The fourth-order valence-electron chi connectivity index (χ4n) is 7.06. The molecule has 4 rings (SSSR count). The number of aliphatic hydroxyl groups is 2. The lowest BCUT2D eigenvalue weighted by Gasteiger charge is -2.32. The summed E-state index contributed by atoms with van der Waals surface area (Å²) in [4.78, 5) is 36.1. The normalized spacial score (nSPS) is 22.6. The summed E-state index contributed by atoms with van der Waals surface area (Å²) >= 11 is 9.75. The summed E-state index contributed by atoms with van der Waals surface area (Å²) in [5.41, 5.74) is 1.91. The predicted octanol–water partition coefficient (Wildman–Crippen LogP) is 10.7. The van der Waals surface area contributed by atoms with Crippen molar-refractivity contribution < 1.29 is 34.2 Å². The summed E-state index contributed by atoms with van der Waals surface area (Å²) in [6, 6.07) is 7.14. The van der Waals surface area contributed by atoms with E-state index in [1.54, 1.807) is 24.3 Å². The van der Waals surface area contributed by atoms with Crippen molar-refractivity contribution in [3.05, 3.63) is 52.0 Å². The number of allylic oxidation sites excluding steroid dienone is 4. The third kappa shape index (κ3) is 14.9. The average Bonchev–Trinajstić information content (AvgIpc) is 3.11. The molecular weight excluding hydrogens is 732 g/mol. The van der Waals surface area contributed by atoms with Crippen molar-refractivity contribution in [1.29, 1.82) is 0 Å². The number of ether oxygens (including phenoxy) is 1. The first-order valence-corrected chi connectivity index (χ1v) is 22.0. The van der Waals surface area contributed by atoms with Crippen molar-refractivity contribution >= 4 is 58.1 Å². The van der Waals surface area contributed by atoms with E-state index in [0.717, 1.165) is 37.2 Å². The van der Waals surface area contributed by atoms with Gasteiger partial charge in [-0.1, -0.05) is 62.4 Å². The van der Waals surface area contributed by atoms with Crippen LogP contribution in [-0.4, -0.2) is 75.0 Å². The van der Waals surface area contributed by atoms with Gasteiger partial charge in [0.05, 0.1) is 22.6 Å². The van der Waals surface area contributed by atoms with Gasteiger partial charge >= 0.3 is 0 Å². The molecule has 0 aromatic heterocycles. The molecule has 0 spiro atoms. The number of carbonyl (C=O) groups excluding carboxylic acids is 2. The van der Waals surface area contributed by atoms with E-state index in [-0.39, 0.29) is 47.6 Å². The fourth-order valence-corrected chi connectivity index (χ4v) is 9.44. The minimum atomic E-state index is -0.231. The molecule has 53 heavy (non-hydrogen) atoms. The Morgan fingerprint density at radius 3 is 2.06 bits per heavy atom. The molecule has 1 aromatic rings. The molecule has 0 amide bonds. The van der Waals surface area contributed by atoms with Gasteiger partial charge in [-0.2, -0.15) is 23.5 Å². The van der Waals surface area contributed by atoms with Crippen molar-refractivity contribution in [3.63, 3.8) is 0 Å². The number of Topliss-reactive ketones (excluding diaryl/α,β-unsaturated/α-hetero) is 2. The van der Waals surface area contributed by atoms with E-state index < -0.39 is 0 Å². The third-order valence-corrected chi connectivity index (χ3v) is 12.1. The van der Waals surface area contributed by atoms with Crippen LogP contribution in [-0.2, 0) is 19.3 Å². The van der Waals surface area contributed by atoms with Gasteiger partial charge < -0.3 is 24.6 Å². The van der Waals surface area contributed by atoms with Crippen LogP contribution < -0.4 is 4.74 Å². The van der Waals surface area contributed by atoms with Crippen molar-refractivity contribution in [2.45, 2.75) is 124 Å². The first-order chi connectivity index (χ1) is 25.5. The Morgan fingerprint density at radius 1 is 0.887 bits per heavy atom. The quantitative estimate of drug-likeness (QED) is 0.110. The number of nitrogens with zero attached hydrogens (tertiary/aromatic N) is 2. The largest absolute Gasteiger partial charge is 0.511 e. The van der Waals surface area contributed by atoms with Crippen LogP contribution in [0.15, 0.2) is 57.2 Å². The summed E-state index contributed by atoms with van der Waals surface area (Å²) in [6.07, 6.45) is 8.12. The van der Waals surface area contributed by atoms with E-state index in [9.17, 15) is 19.8 Å². The van der Waals surface area contributed by atoms with Gasteiger partial charge in [0.2, 0.25) is 0 Å². The molecule has 3 aliphatic rings. The van der Waals surface area contributed by atoms with Gasteiger partial charge in [-0.15, -0.1) is 0 Å². The van der Waals surface area contributed by atoms with Crippen LogP contribution >= 0.6 is 35.1 Å². The summed E-state index contributed by atoms with van der Waals surface area (Å²) in [5.74, 6) is 5.44. The van der Waals surface area contributed by atoms with Gasteiger partial charge in [0.1, 0.15) is 30.0 Å². The van der Waals surface area contributed by atoms with Crippen molar-refractivity contribution in [3.8, 4) is 5.75 Å². The highest BCUT2D eigenvalue weighted by atomic mass is 35.5. The Bertz CT molecular complexity index is 1440. The van der Waals surface area contributed by atoms with E-state index in [1.165, 1.54) is 12.2 Å². The summed E-state index contributed by atoms with van der Waals surface area (Å²) < 4.78 is 5.80. The molecule has 5 atom stereocenters. The minimum Gasteiger partial charge on any atom is -0.511 e. The van der Waals surface area contributed by atoms with Crippen LogP contribution in [0.2, 0.25) is 5.02 Å². The van der Waals surface area contributed by atoms with Gasteiger partial charge in [0.15, 0.2) is 18.2 Å². The van der Waals surface area contributed by atoms with Crippen LogP contribution in [0.5, 0.6) is 5.75 Å². The Hall–Kier alpha value is -2.63. The molecule has 1 aromatic carbocycles. The van der Waals surface area contributed by atoms with E-state index in [1.807, 2.05) is 51.2 Å². The number of halogens is 1. The second-order valence-corrected chi connectivity index (χ2v) is 17.4. The molecule has 2 aliphatic carbocycles. The van der Waals surface area contributed by atoms with Gasteiger partial charge in [-0.25, -0.2) is 0 Å². The molecule has 5 unspecified atom stereocenters. The number of thioether (sulfide) groups is 2. The van der Waals surface area contributed by atoms with Crippen molar-refractivity contribution in [2.75, 3.05) is 30.5 Å². The van der Waals surface area contributed by atoms with Crippen molar-refractivity contribution in [2.24, 2.45) is 28.1 Å². The molecule has 1 aliphatic heterocycles. The number of benzene rings is 1. The number of oxime groups is 2. The Morgan fingerprint density at radius 2 is 1.51 bits per heavy atom. The molecule has 0 saturated carbocycles. The molecule has 12 heteroatoms. The Kier molecular flexibility index (Phi) is 20.3. The number of carbonyl (C=O) groups is 2. The standard InChI is InChI=1S/C24H32ClNO4S.C17H29NO3S/c1-3-5-21(26-29-14-16(2)30-20-9-7-19(25)8-10-20)24-22(27)12-18(13-23(24)28)17-6-4-11-31-15-17;1-5-8-14(18-21-6-2)17-15(19)10-13(11-16(17)20)9-12(4)22-7-3/h7-10,16-18,27H,3-6,11-15H2,1-2H3;12-13,19H,5-11H2,1-4H3/b;18-14+. The smallest absolute Gasteiger partial charge is 0.168 e. The number of rotatable bonds is 18. The molecule has 9 nitrogen and oxygen atoms in total. The zero-order valence-electron chi connectivity index (χ0n) is 32.5. The van der Waals surface area contributed by atoms with E-state index in [0.29, 0.717) is 89.6 Å². The van der Waals surface area contributed by atoms with E-state index in [4.69, 9.17) is 26.0 Å². The average molecular weight is 794 g/mol. The van der Waals surface area contributed by atoms with Crippen LogP contribution in [0, 0.1) is 17.8 Å². The van der Waals surface area contributed by atoms with Crippen LogP contribution in [0.4, 0.5) is 0 Å². The Balaban J connectivity index is 0.000000304. The van der Waals surface area contributed by atoms with E-state index >= 15 is 0 Å². The molecule has 0 bridgehead atoms. The summed E-state index contributed by atoms with van der Waals surface area (Å²) in [5, 5.41) is 30.6. The lowest BCUT2D eigenvalue weighted by molar-refractivity contribution is -0.118. The first-order valence-electron chi connectivity index (χ1n) is 19.4. The van der Waals surface area contributed by atoms with Crippen molar-refractivity contribution in [1.82, 2.24) is 0 Å². The highest BCUT2D eigenvalue weighted by Crippen LogP contribution is 2.38. The lowest BCUT2D eigenvalue weighted by Crippen LogP contribution is -2.31. The zero-order valence-corrected chi connectivity index (χ0v) is 34.9. The van der Waals surface area contributed by atoms with Gasteiger partial charge in [0.25, 0.3) is 0 Å². The van der Waals surface area contributed by atoms with Gasteiger partial charge in [-0.3, -0.25) is 9.59 Å². The number of aliphatic hydroxyl groups excluding tert-OH is 2. The van der Waals surface area contributed by atoms with E-state index in [2.05, 4.69) is 24.2 Å². The summed E-state index contributed by atoms with van der Waals surface area (Å²) in [6.45, 7) is 12.8. The molecule has 296 valence electrons. The predicted molar refractivity (Wildman–Crippen MR) is 221 cm³/mol. The molecule has 0 radical (unpaired) electrons. The molecule has 1 heterocycles. The summed E-state index contributed by atoms with van der Waals surface area (Å²) in [7, 11) is 0. The van der Waals surface area contributed by atoms with Crippen LogP contribution in [0.25, 0.3) is 0 Å². The minimum absolute atomic E-state index is 0.00866. The molecular formula is C41H61ClN2O7S2. The fraction of sp³-hybridized carbons (Fsp3) is 0.659. The van der Waals surface area contributed by atoms with Crippen LogP contribution in [0.3, 0.4) is 0 Å². The monoisotopic (exact) mass is 792 g/mol. The number of hydrogen-bond donors (Lipinski definition) is 2. The molecule has 2 N–H and O–H groups in total.